The number of para-hydroxylation sites is 2. The largest absolute Gasteiger partial charge is 0.367 e. The Morgan fingerprint density at radius 3 is 2.54 bits per heavy atom. The van der Waals surface area contributed by atoms with E-state index in [1.165, 1.54) is 43.9 Å². The molecule has 1 amide bonds. The van der Waals surface area contributed by atoms with Crippen molar-refractivity contribution >= 4 is 56.3 Å². The van der Waals surface area contributed by atoms with Crippen LogP contribution in [0.5, 0.6) is 0 Å². The minimum atomic E-state index is 0.00341. The summed E-state index contributed by atoms with van der Waals surface area (Å²) in [7, 11) is 0. The van der Waals surface area contributed by atoms with E-state index in [4.69, 9.17) is 4.98 Å². The van der Waals surface area contributed by atoms with E-state index in [1.54, 1.807) is 11.3 Å². The molecule has 2 aromatic carbocycles. The summed E-state index contributed by atoms with van der Waals surface area (Å²) in [6.45, 7) is 4.23. The third-order valence-electron chi connectivity index (χ3n) is 6.87. The first kappa shape index (κ1) is 24.8. The first-order valence-electron chi connectivity index (χ1n) is 12.4. The van der Waals surface area contributed by atoms with Crippen LogP contribution in [0.4, 0.5) is 11.4 Å². The van der Waals surface area contributed by atoms with Gasteiger partial charge in [-0.2, -0.15) is 0 Å². The van der Waals surface area contributed by atoms with Gasteiger partial charge in [0.25, 0.3) is 0 Å². The molecule has 184 valence electrons. The predicted molar refractivity (Wildman–Crippen MR) is 152 cm³/mol. The van der Waals surface area contributed by atoms with E-state index in [-0.39, 0.29) is 5.91 Å². The summed E-state index contributed by atoms with van der Waals surface area (Å²) in [5.74, 6) is 0.348. The number of carbonyl (C=O) groups excluding carboxylic acids is 1. The summed E-state index contributed by atoms with van der Waals surface area (Å²) >= 11 is 6.54. The van der Waals surface area contributed by atoms with Crippen molar-refractivity contribution in [3.8, 4) is 11.3 Å². The van der Waals surface area contributed by atoms with Gasteiger partial charge < -0.3 is 10.2 Å². The first-order valence-corrected chi connectivity index (χ1v) is 15.0. The fourth-order valence-corrected chi connectivity index (χ4v) is 6.92. The highest BCUT2D eigenvalue weighted by molar-refractivity contribution is 9.10. The Kier molecular flexibility index (Phi) is 8.44. The first-order chi connectivity index (χ1) is 17.2. The molecule has 1 N–H and O–H groups in total. The zero-order chi connectivity index (χ0) is 24.0. The van der Waals surface area contributed by atoms with Crippen molar-refractivity contribution in [2.75, 3.05) is 42.1 Å². The number of piperazine rings is 1. The van der Waals surface area contributed by atoms with Crippen molar-refractivity contribution in [1.29, 1.82) is 0 Å². The number of nitrogens with one attached hydrogen (secondary N) is 1. The number of thiazole rings is 1. The van der Waals surface area contributed by atoms with Crippen LogP contribution in [0.3, 0.4) is 0 Å². The van der Waals surface area contributed by atoms with Crippen LogP contribution in [-0.2, 0) is 4.79 Å². The second-order valence-electron chi connectivity index (χ2n) is 9.17. The van der Waals surface area contributed by atoms with Gasteiger partial charge in [0, 0.05) is 47.6 Å². The Hall–Kier alpha value is -1.87. The zero-order valence-electron chi connectivity index (χ0n) is 19.8. The molecule has 0 atom stereocenters. The molecule has 1 aromatic heterocycles. The number of halogens is 1. The normalized spacial score (nSPS) is 17.5. The van der Waals surface area contributed by atoms with Crippen molar-refractivity contribution in [3.05, 3.63) is 58.4 Å². The SMILES string of the molecule is O=C(CSc1nc(-c2ccc(Br)cc2)cs1)Nc1ccccc1N1CCN(C2CCCCC2)CC1. The summed E-state index contributed by atoms with van der Waals surface area (Å²) < 4.78 is 1.96. The molecule has 35 heavy (non-hydrogen) atoms. The smallest absolute Gasteiger partial charge is 0.234 e. The number of nitrogens with zero attached hydrogens (tertiary/aromatic N) is 3. The maximum absolute atomic E-state index is 12.8. The number of benzene rings is 2. The van der Waals surface area contributed by atoms with Gasteiger partial charge in [-0.3, -0.25) is 9.69 Å². The Balaban J connectivity index is 1.15. The Morgan fingerprint density at radius 2 is 1.77 bits per heavy atom. The molecule has 0 spiro atoms. The van der Waals surface area contributed by atoms with Gasteiger partial charge in [0.1, 0.15) is 0 Å². The molecular weight excluding hydrogens is 540 g/mol. The fraction of sp³-hybridized carbons (Fsp3) is 0.407. The standard InChI is InChI=1S/C27H31BrN4OS2/c28-21-12-10-20(11-13-21)24-18-34-27(30-24)35-19-26(33)29-23-8-4-5-9-25(23)32-16-14-31(15-17-32)22-6-2-1-3-7-22/h4-5,8-13,18,22H,1-3,6-7,14-17,19H2,(H,29,33). The molecule has 5 rings (SSSR count). The van der Waals surface area contributed by atoms with Gasteiger partial charge >= 0.3 is 0 Å². The van der Waals surface area contributed by atoms with Gasteiger partial charge in [-0.1, -0.05) is 71.2 Å². The van der Waals surface area contributed by atoms with E-state index in [0.29, 0.717) is 5.75 Å². The average Bonchev–Trinajstić information content (AvgIpc) is 3.38. The average molecular weight is 572 g/mol. The number of carbonyl (C=O) groups is 1. The van der Waals surface area contributed by atoms with Crippen molar-refractivity contribution in [1.82, 2.24) is 9.88 Å². The molecule has 2 aliphatic rings. The Labute approximate surface area is 224 Å². The number of rotatable bonds is 7. The lowest BCUT2D eigenvalue weighted by Crippen LogP contribution is -2.51. The van der Waals surface area contributed by atoms with Crippen LogP contribution in [0.1, 0.15) is 32.1 Å². The third-order valence-corrected chi connectivity index (χ3v) is 9.42. The number of hydrogen-bond acceptors (Lipinski definition) is 6. The second-order valence-corrected chi connectivity index (χ2v) is 12.2. The molecule has 0 unspecified atom stereocenters. The quantitative estimate of drug-likeness (QED) is 0.318. The van der Waals surface area contributed by atoms with Gasteiger partial charge in [-0.25, -0.2) is 4.98 Å². The lowest BCUT2D eigenvalue weighted by atomic mass is 9.94. The maximum atomic E-state index is 12.8. The lowest BCUT2D eigenvalue weighted by molar-refractivity contribution is -0.113. The van der Waals surface area contributed by atoms with Crippen LogP contribution < -0.4 is 10.2 Å². The molecule has 1 saturated carbocycles. The van der Waals surface area contributed by atoms with E-state index in [9.17, 15) is 4.79 Å². The van der Waals surface area contributed by atoms with Gasteiger partial charge in [-0.05, 0) is 37.1 Å². The predicted octanol–water partition coefficient (Wildman–Crippen LogP) is 6.76. The summed E-state index contributed by atoms with van der Waals surface area (Å²) in [6, 6.07) is 17.1. The van der Waals surface area contributed by atoms with E-state index in [0.717, 1.165) is 63.7 Å². The minimum absolute atomic E-state index is 0.00341. The van der Waals surface area contributed by atoms with Gasteiger partial charge in [0.2, 0.25) is 5.91 Å². The Morgan fingerprint density at radius 1 is 1.03 bits per heavy atom. The van der Waals surface area contributed by atoms with E-state index in [2.05, 4.69) is 43.2 Å². The highest BCUT2D eigenvalue weighted by Crippen LogP contribution is 2.31. The van der Waals surface area contributed by atoms with E-state index in [1.807, 2.05) is 41.8 Å². The van der Waals surface area contributed by atoms with Crippen LogP contribution in [0.2, 0.25) is 0 Å². The van der Waals surface area contributed by atoms with Crippen molar-refractivity contribution < 1.29 is 4.79 Å². The van der Waals surface area contributed by atoms with Crippen molar-refractivity contribution in [3.63, 3.8) is 0 Å². The van der Waals surface area contributed by atoms with Crippen LogP contribution in [0, 0.1) is 0 Å². The number of aromatic nitrogens is 1. The molecule has 5 nitrogen and oxygen atoms in total. The number of amides is 1. The molecule has 2 fully saturated rings. The van der Waals surface area contributed by atoms with Gasteiger partial charge in [-0.15, -0.1) is 11.3 Å². The minimum Gasteiger partial charge on any atom is -0.367 e. The topological polar surface area (TPSA) is 48.5 Å². The molecule has 0 bridgehead atoms. The summed E-state index contributed by atoms with van der Waals surface area (Å²) in [5, 5.41) is 5.20. The monoisotopic (exact) mass is 570 g/mol. The van der Waals surface area contributed by atoms with Crippen LogP contribution in [-0.4, -0.2) is 53.8 Å². The summed E-state index contributed by atoms with van der Waals surface area (Å²) in [5.41, 5.74) is 4.06. The van der Waals surface area contributed by atoms with Gasteiger partial charge in [0.15, 0.2) is 4.34 Å². The molecule has 2 heterocycles. The number of thioether (sulfide) groups is 1. The van der Waals surface area contributed by atoms with E-state index < -0.39 is 0 Å². The highest BCUT2D eigenvalue weighted by Gasteiger charge is 2.26. The maximum Gasteiger partial charge on any atom is 0.234 e. The summed E-state index contributed by atoms with van der Waals surface area (Å²) in [6.07, 6.45) is 6.87. The lowest BCUT2D eigenvalue weighted by Gasteiger charge is -2.42. The van der Waals surface area contributed by atoms with Crippen molar-refractivity contribution in [2.24, 2.45) is 0 Å². The van der Waals surface area contributed by atoms with Gasteiger partial charge in [0.05, 0.1) is 22.8 Å². The van der Waals surface area contributed by atoms with Crippen molar-refractivity contribution in [2.45, 2.75) is 42.5 Å². The van der Waals surface area contributed by atoms with Crippen LogP contribution in [0.25, 0.3) is 11.3 Å². The van der Waals surface area contributed by atoms with E-state index >= 15 is 0 Å². The fourth-order valence-electron chi connectivity index (χ4n) is 5.02. The molecule has 1 aliphatic carbocycles. The number of hydrogen-bond donors (Lipinski definition) is 1. The highest BCUT2D eigenvalue weighted by atomic mass is 79.9. The van der Waals surface area contributed by atoms with Crippen LogP contribution in [0.15, 0.2) is 62.7 Å². The molecule has 1 saturated heterocycles. The molecule has 3 aromatic rings. The molecular formula is C27H31BrN4OS2. The Bertz CT molecular complexity index is 1120. The molecule has 8 heteroatoms. The second kappa shape index (κ2) is 11.9. The molecule has 0 radical (unpaired) electrons. The number of anilines is 2. The third kappa shape index (κ3) is 6.47. The summed E-state index contributed by atoms with van der Waals surface area (Å²) in [4.78, 5) is 22.6. The zero-order valence-corrected chi connectivity index (χ0v) is 23.0. The molecule has 1 aliphatic heterocycles. The van der Waals surface area contributed by atoms with Crippen LogP contribution >= 0.6 is 39.0 Å².